The van der Waals surface area contributed by atoms with Gasteiger partial charge in [-0.3, -0.25) is 0 Å². The van der Waals surface area contributed by atoms with Gasteiger partial charge >= 0.3 is 0 Å². The van der Waals surface area contributed by atoms with Crippen LogP contribution in [0, 0.1) is 0 Å². The minimum absolute atomic E-state index is 0.0470. The Hall–Kier alpha value is -1.83. The zero-order valence-corrected chi connectivity index (χ0v) is 16.8. The first kappa shape index (κ1) is 20.5. The van der Waals surface area contributed by atoms with Crippen molar-refractivity contribution in [3.05, 3.63) is 65.2 Å². The molecule has 0 unspecified atom stereocenters. The second-order valence-electron chi connectivity index (χ2n) is 5.14. The molecule has 0 amide bonds. The molecule has 0 saturated carbocycles. The van der Waals surface area contributed by atoms with Crippen LogP contribution in [0.4, 0.5) is 0 Å². The lowest BCUT2D eigenvalue weighted by Crippen LogP contribution is -2.09. The van der Waals surface area contributed by atoms with E-state index in [1.165, 1.54) is 36.0 Å². The Balaban J connectivity index is 2.51. The molecule has 0 spiro atoms. The second kappa shape index (κ2) is 9.75. The van der Waals surface area contributed by atoms with E-state index in [-0.39, 0.29) is 10.7 Å². The molecule has 0 radical (unpaired) electrons. The van der Waals surface area contributed by atoms with E-state index < -0.39 is 10.0 Å². The Morgan fingerprint density at radius 2 is 1.77 bits per heavy atom. The molecule has 0 aliphatic heterocycles. The summed E-state index contributed by atoms with van der Waals surface area (Å²) in [6.07, 6.45) is 2.63. The number of aliphatic imine (C=N–C) groups is 1. The lowest BCUT2D eigenvalue weighted by molar-refractivity contribution is 0.315. The summed E-state index contributed by atoms with van der Waals surface area (Å²) >= 11 is 7.12. The van der Waals surface area contributed by atoms with Gasteiger partial charge in [-0.15, -0.1) is 4.40 Å². The predicted molar refractivity (Wildman–Crippen MR) is 109 cm³/mol. The van der Waals surface area contributed by atoms with Crippen molar-refractivity contribution in [1.82, 2.24) is 0 Å². The van der Waals surface area contributed by atoms with Crippen molar-refractivity contribution in [2.45, 2.75) is 18.2 Å². The van der Waals surface area contributed by atoms with Crippen LogP contribution in [0.3, 0.4) is 0 Å². The van der Waals surface area contributed by atoms with Crippen LogP contribution in [-0.2, 0) is 14.8 Å². The molecule has 2 aromatic rings. The molecule has 0 aliphatic rings. The van der Waals surface area contributed by atoms with E-state index in [0.29, 0.717) is 22.4 Å². The van der Waals surface area contributed by atoms with Crippen LogP contribution in [0.15, 0.2) is 68.9 Å². The van der Waals surface area contributed by atoms with Gasteiger partial charge in [0.05, 0.1) is 11.5 Å². The van der Waals surface area contributed by atoms with Crippen LogP contribution in [-0.4, -0.2) is 32.3 Å². The van der Waals surface area contributed by atoms with E-state index in [2.05, 4.69) is 9.39 Å². The number of ether oxygens (including phenoxy) is 1. The molecule has 0 saturated heterocycles. The molecule has 5 nitrogen and oxygen atoms in total. The molecule has 2 aromatic carbocycles. The number of hydrogen-bond acceptors (Lipinski definition) is 4. The maximum Gasteiger partial charge on any atom is 0.284 e. The van der Waals surface area contributed by atoms with Crippen molar-refractivity contribution in [1.29, 1.82) is 0 Å². The van der Waals surface area contributed by atoms with Gasteiger partial charge in [-0.25, -0.2) is 0 Å². The highest BCUT2D eigenvalue weighted by molar-refractivity contribution is 8.13. The van der Waals surface area contributed by atoms with Gasteiger partial charge in [0, 0.05) is 10.6 Å². The van der Waals surface area contributed by atoms with Gasteiger partial charge < -0.3 is 4.74 Å². The maximum absolute atomic E-state index is 12.7. The normalized spacial score (nSPS) is 12.9. The van der Waals surface area contributed by atoms with Crippen molar-refractivity contribution in [3.63, 3.8) is 0 Å². The number of rotatable bonds is 5. The molecule has 0 atom stereocenters. The minimum Gasteiger partial charge on any atom is -0.473 e. The zero-order chi connectivity index (χ0) is 19.0. The van der Waals surface area contributed by atoms with E-state index in [1.807, 2.05) is 19.2 Å². The van der Waals surface area contributed by atoms with Crippen LogP contribution >= 0.6 is 23.4 Å². The van der Waals surface area contributed by atoms with Gasteiger partial charge in [-0.1, -0.05) is 60.6 Å². The first-order valence-electron chi connectivity index (χ1n) is 7.87. The fourth-order valence-electron chi connectivity index (χ4n) is 1.91. The number of amidine groups is 1. The summed E-state index contributed by atoms with van der Waals surface area (Å²) in [5.41, 5.74) is 0.580. The van der Waals surface area contributed by atoms with Crippen LogP contribution in [0.25, 0.3) is 0 Å². The molecule has 138 valence electrons. The van der Waals surface area contributed by atoms with E-state index in [9.17, 15) is 8.42 Å². The first-order chi connectivity index (χ1) is 12.5. The van der Waals surface area contributed by atoms with E-state index >= 15 is 0 Å². The van der Waals surface area contributed by atoms with E-state index in [1.54, 1.807) is 24.3 Å². The summed E-state index contributed by atoms with van der Waals surface area (Å²) in [6, 6.07) is 14.8. The van der Waals surface area contributed by atoms with Gasteiger partial charge in [-0.05, 0) is 36.9 Å². The van der Waals surface area contributed by atoms with Crippen LogP contribution in [0.2, 0.25) is 5.02 Å². The lowest BCUT2D eigenvalue weighted by Gasteiger charge is -2.08. The Kier molecular flexibility index (Phi) is 7.68. The van der Waals surface area contributed by atoms with E-state index in [4.69, 9.17) is 16.3 Å². The topological polar surface area (TPSA) is 68.1 Å². The third-order valence-corrected chi connectivity index (χ3v) is 5.24. The summed E-state index contributed by atoms with van der Waals surface area (Å²) < 4.78 is 34.8. The zero-order valence-electron chi connectivity index (χ0n) is 14.4. The van der Waals surface area contributed by atoms with Gasteiger partial charge in [-0.2, -0.15) is 13.4 Å². The van der Waals surface area contributed by atoms with Gasteiger partial charge in [0.2, 0.25) is 0 Å². The highest BCUT2D eigenvalue weighted by atomic mass is 35.5. The summed E-state index contributed by atoms with van der Waals surface area (Å²) in [5.74, 6) is 0.0704. The molecule has 2 rings (SSSR count). The largest absolute Gasteiger partial charge is 0.473 e. The van der Waals surface area contributed by atoms with Crippen molar-refractivity contribution in [2.75, 3.05) is 12.9 Å². The molecular weight excluding hydrogens is 392 g/mol. The molecular formula is C18H19ClN2O3S2. The smallest absolute Gasteiger partial charge is 0.284 e. The minimum atomic E-state index is -3.94. The number of nitrogens with zero attached hydrogens (tertiary/aromatic N) is 2. The number of benzene rings is 2. The summed E-state index contributed by atoms with van der Waals surface area (Å²) in [7, 11) is -3.94. The molecule has 0 heterocycles. The fourth-order valence-corrected chi connectivity index (χ4v) is 3.37. The Morgan fingerprint density at radius 1 is 1.12 bits per heavy atom. The third-order valence-electron chi connectivity index (χ3n) is 3.15. The number of hydrogen-bond donors (Lipinski definition) is 0. The Bertz CT molecular complexity index is 880. The van der Waals surface area contributed by atoms with Gasteiger partial charge in [0.1, 0.15) is 0 Å². The van der Waals surface area contributed by atoms with Gasteiger partial charge in [0.15, 0.2) is 5.84 Å². The Labute approximate surface area is 163 Å². The van der Waals surface area contributed by atoms with Crippen molar-refractivity contribution in [2.24, 2.45) is 9.39 Å². The number of thioether (sulfide) groups is 1. The quantitative estimate of drug-likeness (QED) is 0.532. The third kappa shape index (κ3) is 5.86. The van der Waals surface area contributed by atoms with Crippen molar-refractivity contribution < 1.29 is 13.2 Å². The molecule has 0 aliphatic carbocycles. The van der Waals surface area contributed by atoms with Crippen LogP contribution in [0.1, 0.15) is 18.9 Å². The summed E-state index contributed by atoms with van der Waals surface area (Å²) in [6.45, 7) is 2.47. The van der Waals surface area contributed by atoms with Crippen molar-refractivity contribution in [3.8, 4) is 0 Å². The van der Waals surface area contributed by atoms with Crippen LogP contribution in [0.5, 0.6) is 0 Å². The SMILES string of the molecule is CCCOC(=NC(=NS(=O)(=O)c1ccc(Cl)cc1)c1ccccc1)SC. The molecule has 0 fully saturated rings. The van der Waals surface area contributed by atoms with Crippen molar-refractivity contribution >= 4 is 44.5 Å². The number of sulfonamides is 1. The first-order valence-corrected chi connectivity index (χ1v) is 10.9. The highest BCUT2D eigenvalue weighted by Gasteiger charge is 2.16. The standard InChI is InChI=1S/C18H19ClN2O3S2/c1-3-13-24-18(25-2)20-17(14-7-5-4-6-8-14)21-26(22,23)16-11-9-15(19)10-12-16/h4-12H,3,13H2,1-2H3. The fraction of sp³-hybridized carbons (Fsp3) is 0.222. The lowest BCUT2D eigenvalue weighted by atomic mass is 10.2. The molecule has 0 bridgehead atoms. The van der Waals surface area contributed by atoms with Crippen LogP contribution < -0.4 is 0 Å². The molecule has 8 heteroatoms. The van der Waals surface area contributed by atoms with Gasteiger partial charge in [0.25, 0.3) is 15.3 Å². The summed E-state index contributed by atoms with van der Waals surface area (Å²) in [5, 5.41) is 0.813. The highest BCUT2D eigenvalue weighted by Crippen LogP contribution is 2.18. The molecule has 26 heavy (non-hydrogen) atoms. The monoisotopic (exact) mass is 410 g/mol. The molecule has 0 N–H and O–H groups in total. The predicted octanol–water partition coefficient (Wildman–Crippen LogP) is 4.62. The van der Waals surface area contributed by atoms with E-state index in [0.717, 1.165) is 6.42 Å². The Morgan fingerprint density at radius 3 is 2.35 bits per heavy atom. The second-order valence-corrected chi connectivity index (χ2v) is 7.94. The average molecular weight is 411 g/mol. The number of halogens is 1. The molecule has 0 aromatic heterocycles. The average Bonchev–Trinajstić information content (AvgIpc) is 2.65. The maximum atomic E-state index is 12.7. The summed E-state index contributed by atoms with van der Waals surface area (Å²) in [4.78, 5) is 4.38.